The molecule has 2 aliphatic carbocycles. The third kappa shape index (κ3) is 3.52. The van der Waals surface area contributed by atoms with Crippen molar-refractivity contribution in [1.29, 1.82) is 0 Å². The highest BCUT2D eigenvalue weighted by Gasteiger charge is 2.55. The van der Waals surface area contributed by atoms with Crippen LogP contribution in [0.25, 0.3) is 22.3 Å². The highest BCUT2D eigenvalue weighted by Crippen LogP contribution is 2.56. The van der Waals surface area contributed by atoms with Gasteiger partial charge in [0, 0.05) is 65.2 Å². The van der Waals surface area contributed by atoms with Crippen molar-refractivity contribution in [3.8, 4) is 11.4 Å². The van der Waals surface area contributed by atoms with E-state index < -0.39 is 0 Å². The molecule has 5 heterocycles. The standard InChI is InChI=1S/C28H34ClN7O/c1-4-23(37)35-13-28(14-35)9-18(10-28)36-16(3)24(25-19-11-31-33-20(19)7-15(2)26(25)29)27(34-36)21-8-17-5-6-30-12-22(17)32-21/h4-6,8,12,15,18-20,25-26,31-33H,1,7,9-11,13-14H2,2-3H3. The van der Waals surface area contributed by atoms with Gasteiger partial charge in [-0.25, -0.2) is 0 Å². The fraction of sp³-hybridized carbons (Fsp3) is 0.536. The molecule has 8 nitrogen and oxygen atoms in total. The number of aromatic amines is 1. The molecule has 2 aliphatic heterocycles. The molecule has 5 unspecified atom stereocenters. The molecule has 5 atom stereocenters. The van der Waals surface area contributed by atoms with Crippen molar-refractivity contribution in [2.75, 3.05) is 19.6 Å². The van der Waals surface area contributed by atoms with Gasteiger partial charge >= 0.3 is 0 Å². The second-order valence-corrected chi connectivity index (χ2v) is 12.4. The van der Waals surface area contributed by atoms with Crippen LogP contribution < -0.4 is 10.9 Å². The van der Waals surface area contributed by atoms with E-state index in [2.05, 4.69) is 52.0 Å². The summed E-state index contributed by atoms with van der Waals surface area (Å²) in [5.41, 5.74) is 12.7. The van der Waals surface area contributed by atoms with Crippen LogP contribution in [0.4, 0.5) is 0 Å². The molecule has 4 fully saturated rings. The molecular weight excluding hydrogens is 486 g/mol. The Labute approximate surface area is 221 Å². The van der Waals surface area contributed by atoms with Gasteiger partial charge in [-0.2, -0.15) is 5.10 Å². The lowest BCUT2D eigenvalue weighted by molar-refractivity contribution is -0.149. The Kier molecular flexibility index (Phi) is 5.33. The number of alkyl halides is 1. The lowest BCUT2D eigenvalue weighted by atomic mass is 9.60. The van der Waals surface area contributed by atoms with Crippen LogP contribution in [0.3, 0.4) is 0 Å². The number of amides is 1. The number of nitrogens with zero attached hydrogens (tertiary/aromatic N) is 4. The van der Waals surface area contributed by atoms with Crippen molar-refractivity contribution < 1.29 is 4.79 Å². The summed E-state index contributed by atoms with van der Waals surface area (Å²) in [5, 5.41) is 6.49. The fourth-order valence-corrected chi connectivity index (χ4v) is 8.08. The molecule has 3 N–H and O–H groups in total. The Morgan fingerprint density at radius 3 is 2.89 bits per heavy atom. The lowest BCUT2D eigenvalue weighted by Crippen LogP contribution is -2.63. The molecule has 37 heavy (non-hydrogen) atoms. The number of hydrogen-bond donors (Lipinski definition) is 3. The lowest BCUT2D eigenvalue weighted by Gasteiger charge is -2.58. The maximum Gasteiger partial charge on any atom is 0.245 e. The maximum atomic E-state index is 12.0. The second-order valence-electron chi connectivity index (χ2n) is 11.9. The summed E-state index contributed by atoms with van der Waals surface area (Å²) < 4.78 is 2.27. The number of carbonyl (C=O) groups excluding carboxylic acids is 1. The Morgan fingerprint density at radius 1 is 1.32 bits per heavy atom. The molecule has 0 bridgehead atoms. The van der Waals surface area contributed by atoms with Crippen LogP contribution in [0.5, 0.6) is 0 Å². The average molecular weight is 520 g/mol. The minimum absolute atomic E-state index is 0.0372. The van der Waals surface area contributed by atoms with E-state index in [0.717, 1.165) is 61.2 Å². The SMILES string of the molecule is C=CC(=O)N1CC2(CC(n3nc(-c4cc5ccncc5[nH]4)c(C4C(Cl)C(C)CC5NNCC54)c3C)C2)C1. The molecule has 4 aliphatic rings. The van der Waals surface area contributed by atoms with Crippen LogP contribution >= 0.6 is 11.6 Å². The number of nitrogens with one attached hydrogen (secondary N) is 3. The van der Waals surface area contributed by atoms with Gasteiger partial charge in [-0.15, -0.1) is 11.6 Å². The predicted molar refractivity (Wildman–Crippen MR) is 144 cm³/mol. The van der Waals surface area contributed by atoms with Gasteiger partial charge in [0.15, 0.2) is 0 Å². The van der Waals surface area contributed by atoms with Gasteiger partial charge in [0.1, 0.15) is 5.69 Å². The second kappa shape index (κ2) is 8.41. The first-order valence-electron chi connectivity index (χ1n) is 13.4. The van der Waals surface area contributed by atoms with Crippen LogP contribution in [-0.4, -0.2) is 61.6 Å². The van der Waals surface area contributed by atoms with Crippen LogP contribution in [0.15, 0.2) is 37.2 Å². The minimum atomic E-state index is 0.0372. The van der Waals surface area contributed by atoms with Crippen molar-refractivity contribution in [2.45, 2.75) is 56.5 Å². The minimum Gasteiger partial charge on any atom is -0.352 e. The van der Waals surface area contributed by atoms with E-state index in [4.69, 9.17) is 16.7 Å². The number of carbonyl (C=O) groups is 1. The molecule has 7 rings (SSSR count). The van der Waals surface area contributed by atoms with E-state index in [1.54, 1.807) is 0 Å². The van der Waals surface area contributed by atoms with E-state index in [1.807, 2.05) is 23.4 Å². The zero-order valence-electron chi connectivity index (χ0n) is 21.4. The smallest absolute Gasteiger partial charge is 0.245 e. The summed E-state index contributed by atoms with van der Waals surface area (Å²) in [6, 6.07) is 4.98. The number of rotatable bonds is 4. The molecule has 9 heteroatoms. The Balaban J connectivity index is 1.28. The van der Waals surface area contributed by atoms with Crippen LogP contribution in [-0.2, 0) is 4.79 Å². The summed E-state index contributed by atoms with van der Waals surface area (Å²) in [7, 11) is 0. The predicted octanol–water partition coefficient (Wildman–Crippen LogP) is 3.91. The van der Waals surface area contributed by atoms with Crippen molar-refractivity contribution in [3.63, 3.8) is 0 Å². The molecule has 2 saturated heterocycles. The fourth-order valence-electron chi connectivity index (χ4n) is 7.67. The third-order valence-electron chi connectivity index (χ3n) is 9.55. The Morgan fingerprint density at radius 2 is 2.14 bits per heavy atom. The molecule has 194 valence electrons. The van der Waals surface area contributed by atoms with E-state index >= 15 is 0 Å². The number of fused-ring (bicyclic) bond motifs is 2. The summed E-state index contributed by atoms with van der Waals surface area (Å²) in [6.07, 6.45) is 8.30. The zero-order chi connectivity index (χ0) is 25.5. The van der Waals surface area contributed by atoms with Crippen molar-refractivity contribution in [3.05, 3.63) is 48.4 Å². The first kappa shape index (κ1) is 23.4. The largest absolute Gasteiger partial charge is 0.352 e. The van der Waals surface area contributed by atoms with Crippen LogP contribution in [0, 0.1) is 24.2 Å². The summed E-state index contributed by atoms with van der Waals surface area (Å²) in [5.74, 6) is 1.05. The van der Waals surface area contributed by atoms with Crippen molar-refractivity contribution >= 4 is 28.4 Å². The number of aromatic nitrogens is 4. The number of halogens is 1. The molecule has 3 aromatic heterocycles. The van der Waals surface area contributed by atoms with Crippen LogP contribution in [0.1, 0.15) is 49.4 Å². The van der Waals surface area contributed by atoms with Gasteiger partial charge in [-0.3, -0.25) is 25.3 Å². The first-order chi connectivity index (χ1) is 17.9. The van der Waals surface area contributed by atoms with Gasteiger partial charge in [0.2, 0.25) is 5.91 Å². The quantitative estimate of drug-likeness (QED) is 0.359. The topological polar surface area (TPSA) is 90.9 Å². The third-order valence-corrected chi connectivity index (χ3v) is 10.2. The van der Waals surface area contributed by atoms with Gasteiger partial charge in [0.05, 0.1) is 23.4 Å². The monoisotopic (exact) mass is 519 g/mol. The summed E-state index contributed by atoms with van der Waals surface area (Å²) in [4.78, 5) is 21.8. The number of likely N-dealkylation sites (tertiary alicyclic amines) is 1. The number of hydrogen-bond acceptors (Lipinski definition) is 5. The van der Waals surface area contributed by atoms with E-state index in [-0.39, 0.29) is 22.6 Å². The van der Waals surface area contributed by atoms with Gasteiger partial charge < -0.3 is 9.88 Å². The van der Waals surface area contributed by atoms with Crippen molar-refractivity contribution in [1.82, 2.24) is 35.5 Å². The highest BCUT2D eigenvalue weighted by molar-refractivity contribution is 6.21. The van der Waals surface area contributed by atoms with E-state index in [1.165, 1.54) is 17.3 Å². The Bertz CT molecular complexity index is 1350. The molecule has 0 aromatic carbocycles. The zero-order valence-corrected chi connectivity index (χ0v) is 22.1. The first-order valence-corrected chi connectivity index (χ1v) is 13.9. The van der Waals surface area contributed by atoms with Gasteiger partial charge in [0.25, 0.3) is 0 Å². The number of pyridine rings is 1. The summed E-state index contributed by atoms with van der Waals surface area (Å²) >= 11 is 7.26. The highest BCUT2D eigenvalue weighted by atomic mass is 35.5. The maximum absolute atomic E-state index is 12.0. The van der Waals surface area contributed by atoms with Crippen molar-refractivity contribution in [2.24, 2.45) is 17.3 Å². The number of H-pyrrole nitrogens is 1. The molecule has 1 spiro atoms. The summed E-state index contributed by atoms with van der Waals surface area (Å²) in [6.45, 7) is 10.7. The average Bonchev–Trinajstić information content (AvgIpc) is 3.55. The van der Waals surface area contributed by atoms with Crippen LogP contribution in [0.2, 0.25) is 0 Å². The van der Waals surface area contributed by atoms with E-state index in [0.29, 0.717) is 23.9 Å². The molecule has 3 aromatic rings. The Hall–Kier alpha value is -2.68. The molecular formula is C28H34ClN7O. The van der Waals surface area contributed by atoms with E-state index in [9.17, 15) is 4.79 Å². The molecule has 0 radical (unpaired) electrons. The molecule has 1 amide bonds. The number of hydrazine groups is 1. The van der Waals surface area contributed by atoms with Gasteiger partial charge in [-0.05, 0) is 56.2 Å². The van der Waals surface area contributed by atoms with Gasteiger partial charge in [-0.1, -0.05) is 13.5 Å². The normalized spacial score (nSPS) is 30.8. The molecule has 2 saturated carbocycles.